The molecule has 11 rings (SSSR count). The molecule has 0 radical (unpaired) electrons. The third kappa shape index (κ3) is 3.59. The maximum absolute atomic E-state index is 2.50. The van der Waals surface area contributed by atoms with Gasteiger partial charge in [-0.2, -0.15) is 0 Å². The number of thiophene rings is 1. The lowest BCUT2D eigenvalue weighted by Crippen LogP contribution is -2.28. The minimum Gasteiger partial charge on any atom is -0.309 e. The highest BCUT2D eigenvalue weighted by Crippen LogP contribution is 2.58. The molecule has 10 aromatic rings. The summed E-state index contributed by atoms with van der Waals surface area (Å²) in [6.45, 7) is 0. The van der Waals surface area contributed by atoms with Gasteiger partial charge in [0.1, 0.15) is 0 Å². The zero-order chi connectivity index (χ0) is 32.1. The van der Waals surface area contributed by atoms with Crippen molar-refractivity contribution in [2.45, 2.75) is 5.41 Å². The summed E-state index contributed by atoms with van der Waals surface area (Å²) in [4.78, 5) is 0. The Labute approximate surface area is 287 Å². The highest BCUT2D eigenvalue weighted by atomic mass is 32.1. The summed E-state index contributed by atoms with van der Waals surface area (Å²) in [5.41, 5.74) is 11.1. The average Bonchev–Trinajstić information content (AvgIpc) is 3.81. The van der Waals surface area contributed by atoms with Crippen LogP contribution in [0.3, 0.4) is 0 Å². The smallest absolute Gasteiger partial charge is 0.0727 e. The van der Waals surface area contributed by atoms with E-state index in [0.717, 1.165) is 0 Å². The lowest BCUT2D eigenvalue weighted by molar-refractivity contribution is 0.779. The van der Waals surface area contributed by atoms with Gasteiger partial charge in [-0.3, -0.25) is 0 Å². The van der Waals surface area contributed by atoms with Crippen molar-refractivity contribution in [2.75, 3.05) is 0 Å². The van der Waals surface area contributed by atoms with Crippen LogP contribution in [0.15, 0.2) is 176 Å². The van der Waals surface area contributed by atoms with Crippen molar-refractivity contribution in [3.8, 4) is 16.8 Å². The van der Waals surface area contributed by atoms with E-state index < -0.39 is 5.41 Å². The first-order chi connectivity index (χ1) is 24.3. The molecule has 0 unspecified atom stereocenters. The van der Waals surface area contributed by atoms with Crippen molar-refractivity contribution in [3.05, 3.63) is 198 Å². The molecular formula is C47H29NS. The second-order valence-electron chi connectivity index (χ2n) is 13.2. The molecule has 0 spiro atoms. The summed E-state index contributed by atoms with van der Waals surface area (Å²) < 4.78 is 5.12. The van der Waals surface area contributed by atoms with Crippen LogP contribution in [-0.2, 0) is 5.41 Å². The summed E-state index contributed by atoms with van der Waals surface area (Å²) in [5.74, 6) is 0. The molecule has 2 heterocycles. The number of hydrogen-bond acceptors (Lipinski definition) is 1. The number of benzene rings is 8. The number of nitrogens with zero attached hydrogens (tertiary/aromatic N) is 1. The number of fused-ring (bicyclic) bond motifs is 10. The van der Waals surface area contributed by atoms with Gasteiger partial charge in [-0.15, -0.1) is 11.3 Å². The summed E-state index contributed by atoms with van der Waals surface area (Å²) in [7, 11) is 0. The van der Waals surface area contributed by atoms with Crippen molar-refractivity contribution in [1.29, 1.82) is 0 Å². The van der Waals surface area contributed by atoms with E-state index in [-0.39, 0.29) is 0 Å². The van der Waals surface area contributed by atoms with Crippen LogP contribution in [0.4, 0.5) is 0 Å². The van der Waals surface area contributed by atoms with Crippen molar-refractivity contribution in [3.63, 3.8) is 0 Å². The highest BCUT2D eigenvalue weighted by Gasteiger charge is 2.47. The number of aromatic nitrogens is 1. The minimum atomic E-state index is -0.492. The molecule has 49 heavy (non-hydrogen) atoms. The lowest BCUT2D eigenvalue weighted by Gasteiger charge is -2.34. The Hall–Kier alpha value is -5.96. The van der Waals surface area contributed by atoms with Crippen molar-refractivity contribution >= 4 is 64.1 Å². The topological polar surface area (TPSA) is 4.93 Å². The van der Waals surface area contributed by atoms with E-state index in [0.29, 0.717) is 0 Å². The first-order valence-electron chi connectivity index (χ1n) is 16.9. The van der Waals surface area contributed by atoms with E-state index in [4.69, 9.17) is 0 Å². The summed E-state index contributed by atoms with van der Waals surface area (Å²) in [6.07, 6.45) is 0. The summed E-state index contributed by atoms with van der Waals surface area (Å²) in [6, 6.07) is 65.6. The molecule has 1 aliphatic carbocycles. The Morgan fingerprint density at radius 3 is 1.88 bits per heavy atom. The molecule has 0 saturated heterocycles. The van der Waals surface area contributed by atoms with Gasteiger partial charge in [0, 0.05) is 36.6 Å². The monoisotopic (exact) mass is 639 g/mol. The highest BCUT2D eigenvalue weighted by molar-refractivity contribution is 7.26. The van der Waals surface area contributed by atoms with E-state index in [1.165, 1.54) is 91.8 Å². The molecule has 1 aliphatic rings. The van der Waals surface area contributed by atoms with E-state index in [1.807, 2.05) is 11.3 Å². The van der Waals surface area contributed by atoms with Gasteiger partial charge in [-0.05, 0) is 80.6 Å². The first-order valence-corrected chi connectivity index (χ1v) is 17.8. The lowest BCUT2D eigenvalue weighted by atomic mass is 9.67. The predicted octanol–water partition coefficient (Wildman–Crippen LogP) is 12.7. The van der Waals surface area contributed by atoms with Gasteiger partial charge in [-0.1, -0.05) is 140 Å². The fourth-order valence-electron chi connectivity index (χ4n) is 8.83. The third-order valence-corrected chi connectivity index (χ3v) is 12.1. The van der Waals surface area contributed by atoms with Gasteiger partial charge in [-0.25, -0.2) is 0 Å². The Balaban J connectivity index is 1.27. The second-order valence-corrected chi connectivity index (χ2v) is 14.3. The molecule has 0 fully saturated rings. The fraction of sp³-hybridized carbons (Fsp3) is 0.0213. The second kappa shape index (κ2) is 10.0. The van der Waals surface area contributed by atoms with Gasteiger partial charge in [0.15, 0.2) is 0 Å². The third-order valence-electron chi connectivity index (χ3n) is 10.9. The van der Waals surface area contributed by atoms with E-state index in [9.17, 15) is 0 Å². The number of hydrogen-bond donors (Lipinski definition) is 0. The Kier molecular flexibility index (Phi) is 5.53. The molecule has 1 nitrogen and oxygen atoms in total. The Morgan fingerprint density at radius 1 is 0.408 bits per heavy atom. The molecule has 2 heteroatoms. The zero-order valence-electron chi connectivity index (χ0n) is 26.6. The van der Waals surface area contributed by atoms with Crippen LogP contribution in [0.5, 0.6) is 0 Å². The standard InChI is InChI=1S/C47H29NS/c1-2-13-31-28-33(26-24-30(31)12-1)48-43-22-9-5-16-36(43)39-29-32(25-27-44(39)48)47(40-19-7-3-14-34(40)35-15-4-8-20-41(35)47)42-21-11-18-38-37-17-6-10-23-45(37)49-46(38)42/h1-29H. The average molecular weight is 640 g/mol. The van der Waals surface area contributed by atoms with Crippen molar-refractivity contribution in [2.24, 2.45) is 0 Å². The van der Waals surface area contributed by atoms with Crippen molar-refractivity contribution < 1.29 is 0 Å². The van der Waals surface area contributed by atoms with E-state index in [1.54, 1.807) is 0 Å². The number of rotatable bonds is 3. The maximum atomic E-state index is 2.50. The molecule has 2 aromatic heterocycles. The van der Waals surface area contributed by atoms with Crippen LogP contribution in [0.1, 0.15) is 22.3 Å². The molecule has 0 amide bonds. The van der Waals surface area contributed by atoms with Gasteiger partial charge < -0.3 is 4.57 Å². The fourth-order valence-corrected chi connectivity index (χ4v) is 10.1. The van der Waals surface area contributed by atoms with Crippen LogP contribution in [-0.4, -0.2) is 4.57 Å². The normalized spacial score (nSPS) is 13.5. The molecular weight excluding hydrogens is 611 g/mol. The molecule has 0 atom stereocenters. The molecule has 228 valence electrons. The van der Waals surface area contributed by atoms with Gasteiger partial charge in [0.25, 0.3) is 0 Å². The molecule has 0 saturated carbocycles. The van der Waals surface area contributed by atoms with Crippen LogP contribution in [0.2, 0.25) is 0 Å². The molecule has 8 aromatic carbocycles. The van der Waals surface area contributed by atoms with E-state index in [2.05, 4.69) is 180 Å². The van der Waals surface area contributed by atoms with Gasteiger partial charge >= 0.3 is 0 Å². The first kappa shape index (κ1) is 27.0. The molecule has 0 aliphatic heterocycles. The quantitative estimate of drug-likeness (QED) is 0.181. The maximum Gasteiger partial charge on any atom is 0.0727 e. The molecule has 0 bridgehead atoms. The Bertz CT molecular complexity index is 2910. The van der Waals surface area contributed by atoms with E-state index >= 15 is 0 Å². The van der Waals surface area contributed by atoms with Crippen LogP contribution in [0, 0.1) is 0 Å². The largest absolute Gasteiger partial charge is 0.309 e. The number of para-hydroxylation sites is 1. The van der Waals surface area contributed by atoms with Crippen LogP contribution >= 0.6 is 11.3 Å². The van der Waals surface area contributed by atoms with Gasteiger partial charge in [0.2, 0.25) is 0 Å². The summed E-state index contributed by atoms with van der Waals surface area (Å²) in [5, 5.41) is 7.69. The van der Waals surface area contributed by atoms with Crippen molar-refractivity contribution in [1.82, 2.24) is 4.57 Å². The predicted molar refractivity (Wildman–Crippen MR) is 208 cm³/mol. The SMILES string of the molecule is c1ccc2c(c1)-c1ccccc1C2(c1ccc2c(c1)c1ccccc1n2-c1ccc2ccccc2c1)c1cccc2c1sc1ccccc12. The zero-order valence-corrected chi connectivity index (χ0v) is 27.4. The summed E-state index contributed by atoms with van der Waals surface area (Å²) >= 11 is 1.92. The molecule has 0 N–H and O–H groups in total. The van der Waals surface area contributed by atoms with Gasteiger partial charge in [0.05, 0.1) is 16.4 Å². The minimum absolute atomic E-state index is 0.492. The Morgan fingerprint density at radius 2 is 1.04 bits per heavy atom. The van der Waals surface area contributed by atoms with Crippen LogP contribution in [0.25, 0.3) is 69.6 Å². The van der Waals surface area contributed by atoms with Crippen LogP contribution < -0.4 is 0 Å².